The van der Waals surface area contributed by atoms with Crippen molar-refractivity contribution >= 4 is 35.6 Å². The molecule has 0 atom stereocenters. The molecular formula is C25H36FIN4O2. The van der Waals surface area contributed by atoms with Gasteiger partial charge in [0.25, 0.3) is 0 Å². The van der Waals surface area contributed by atoms with E-state index in [4.69, 9.17) is 9.73 Å². The third kappa shape index (κ3) is 8.66. The highest BCUT2D eigenvalue weighted by molar-refractivity contribution is 14.0. The van der Waals surface area contributed by atoms with Gasteiger partial charge >= 0.3 is 0 Å². The molecule has 1 heterocycles. The summed E-state index contributed by atoms with van der Waals surface area (Å²) in [4.78, 5) is 9.19. The van der Waals surface area contributed by atoms with Crippen LogP contribution in [0.2, 0.25) is 0 Å². The van der Waals surface area contributed by atoms with E-state index in [1.165, 1.54) is 17.8 Å². The van der Waals surface area contributed by atoms with Crippen molar-refractivity contribution in [2.24, 2.45) is 10.9 Å². The van der Waals surface area contributed by atoms with Gasteiger partial charge in [-0.15, -0.1) is 24.0 Å². The second-order valence-electron chi connectivity index (χ2n) is 8.17. The summed E-state index contributed by atoms with van der Waals surface area (Å²) in [5.74, 6) is 1.66. The van der Waals surface area contributed by atoms with Crippen LogP contribution in [0.3, 0.4) is 0 Å². The molecule has 0 unspecified atom stereocenters. The predicted octanol–water partition coefficient (Wildman–Crippen LogP) is 4.13. The molecule has 0 aliphatic carbocycles. The van der Waals surface area contributed by atoms with Crippen molar-refractivity contribution < 1.29 is 14.2 Å². The number of aliphatic hydroxyl groups excluding tert-OH is 1. The van der Waals surface area contributed by atoms with E-state index in [2.05, 4.69) is 34.5 Å². The number of aliphatic imine (C=N–C) groups is 1. The van der Waals surface area contributed by atoms with Gasteiger partial charge in [0.05, 0.1) is 13.1 Å². The zero-order chi connectivity index (χ0) is 22.8. The van der Waals surface area contributed by atoms with Gasteiger partial charge < -0.3 is 25.0 Å². The highest BCUT2D eigenvalue weighted by Crippen LogP contribution is 2.23. The molecule has 2 aromatic rings. The van der Waals surface area contributed by atoms with Crippen LogP contribution in [0.15, 0.2) is 53.5 Å². The summed E-state index contributed by atoms with van der Waals surface area (Å²) in [5, 5.41) is 12.6. The maximum atomic E-state index is 13.0. The third-order valence-electron chi connectivity index (χ3n) is 5.79. The number of rotatable bonds is 9. The fraction of sp³-hybridized carbons (Fsp3) is 0.480. The lowest BCUT2D eigenvalue weighted by atomic mass is 9.97. The van der Waals surface area contributed by atoms with Gasteiger partial charge in [-0.3, -0.25) is 0 Å². The Labute approximate surface area is 213 Å². The number of hydrogen-bond acceptors (Lipinski definition) is 4. The number of hydrogen-bond donors (Lipinski definition) is 2. The number of ether oxygens (including phenoxy) is 1. The minimum Gasteiger partial charge on any atom is -0.492 e. The molecule has 8 heteroatoms. The fourth-order valence-electron chi connectivity index (χ4n) is 3.76. The molecular weight excluding hydrogens is 534 g/mol. The molecule has 0 amide bonds. The summed E-state index contributed by atoms with van der Waals surface area (Å²) in [5.41, 5.74) is 2.39. The number of benzene rings is 2. The summed E-state index contributed by atoms with van der Waals surface area (Å²) in [6, 6.07) is 14.7. The first-order chi connectivity index (χ1) is 15.6. The lowest BCUT2D eigenvalue weighted by Crippen LogP contribution is -2.40. The molecule has 1 aliphatic heterocycles. The van der Waals surface area contributed by atoms with E-state index in [1.807, 2.05) is 18.9 Å². The normalized spacial score (nSPS) is 14.5. The highest BCUT2D eigenvalue weighted by Gasteiger charge is 2.18. The quantitative estimate of drug-likeness (QED) is 0.270. The summed E-state index contributed by atoms with van der Waals surface area (Å²) >= 11 is 0. The molecule has 1 fully saturated rings. The number of halogens is 2. The zero-order valence-electron chi connectivity index (χ0n) is 19.5. The van der Waals surface area contributed by atoms with E-state index in [1.54, 1.807) is 12.1 Å². The fourth-order valence-corrected chi connectivity index (χ4v) is 3.76. The monoisotopic (exact) mass is 570 g/mol. The van der Waals surface area contributed by atoms with Crippen LogP contribution >= 0.6 is 24.0 Å². The standard InChI is InChI=1S/C25H35FN4O2.HI/c1-3-27-25(29(2)16-17-32-24-10-6-22(26)7-11-24)28-18-20-4-8-23(9-5-20)30-14-12-21(19-31)13-15-30;/h4-11,21,31H,3,12-19H2,1-2H3,(H,27,28);1H. The average molecular weight is 570 g/mol. The van der Waals surface area contributed by atoms with Gasteiger partial charge in [0, 0.05) is 39.0 Å². The maximum Gasteiger partial charge on any atom is 0.194 e. The second kappa shape index (κ2) is 14.2. The van der Waals surface area contributed by atoms with E-state index in [9.17, 15) is 9.50 Å². The number of guanidine groups is 1. The molecule has 1 aliphatic rings. The largest absolute Gasteiger partial charge is 0.492 e. The Morgan fingerprint density at radius 2 is 1.82 bits per heavy atom. The smallest absolute Gasteiger partial charge is 0.194 e. The van der Waals surface area contributed by atoms with Crippen molar-refractivity contribution in [2.75, 3.05) is 51.3 Å². The Balaban J connectivity index is 0.00000385. The zero-order valence-corrected chi connectivity index (χ0v) is 21.9. The van der Waals surface area contributed by atoms with Crippen LogP contribution in [0.4, 0.5) is 10.1 Å². The minimum atomic E-state index is -0.268. The van der Waals surface area contributed by atoms with Gasteiger partial charge in [-0.1, -0.05) is 12.1 Å². The van der Waals surface area contributed by atoms with E-state index < -0.39 is 0 Å². The third-order valence-corrected chi connectivity index (χ3v) is 5.79. The maximum absolute atomic E-state index is 13.0. The van der Waals surface area contributed by atoms with E-state index >= 15 is 0 Å². The van der Waals surface area contributed by atoms with E-state index in [0.29, 0.717) is 38.0 Å². The van der Waals surface area contributed by atoms with Crippen molar-refractivity contribution in [3.05, 3.63) is 59.9 Å². The molecule has 6 nitrogen and oxygen atoms in total. The van der Waals surface area contributed by atoms with Gasteiger partial charge in [-0.2, -0.15) is 0 Å². The van der Waals surface area contributed by atoms with Crippen LogP contribution in [0.1, 0.15) is 25.3 Å². The average Bonchev–Trinajstić information content (AvgIpc) is 2.83. The lowest BCUT2D eigenvalue weighted by molar-refractivity contribution is 0.203. The van der Waals surface area contributed by atoms with Crippen LogP contribution in [0.25, 0.3) is 0 Å². The van der Waals surface area contributed by atoms with Crippen LogP contribution < -0.4 is 15.0 Å². The van der Waals surface area contributed by atoms with Crippen molar-refractivity contribution in [3.8, 4) is 5.75 Å². The highest BCUT2D eigenvalue weighted by atomic mass is 127. The molecule has 1 saturated heterocycles. The summed E-state index contributed by atoms with van der Waals surface area (Å²) in [6.07, 6.45) is 2.09. The molecule has 0 bridgehead atoms. The molecule has 0 spiro atoms. The number of likely N-dealkylation sites (N-methyl/N-ethyl adjacent to an activating group) is 1. The Kier molecular flexibility index (Phi) is 11.7. The van der Waals surface area contributed by atoms with Crippen LogP contribution in [0.5, 0.6) is 5.75 Å². The van der Waals surface area contributed by atoms with Crippen LogP contribution in [-0.4, -0.2) is 62.4 Å². The molecule has 2 N–H and O–H groups in total. The molecule has 0 saturated carbocycles. The molecule has 3 rings (SSSR count). The summed E-state index contributed by atoms with van der Waals surface area (Å²) in [6.45, 7) is 6.86. The number of nitrogens with one attached hydrogen (secondary N) is 1. The first kappa shape index (κ1) is 27.2. The molecule has 33 heavy (non-hydrogen) atoms. The summed E-state index contributed by atoms with van der Waals surface area (Å²) in [7, 11) is 1.98. The van der Waals surface area contributed by atoms with Gasteiger partial charge in [-0.05, 0) is 67.6 Å². The number of nitrogens with zero attached hydrogens (tertiary/aromatic N) is 3. The van der Waals surface area contributed by atoms with Gasteiger partial charge in [0.2, 0.25) is 0 Å². The van der Waals surface area contributed by atoms with Crippen molar-refractivity contribution in [1.29, 1.82) is 0 Å². The van der Waals surface area contributed by atoms with Gasteiger partial charge in [0.1, 0.15) is 18.2 Å². The topological polar surface area (TPSA) is 60.3 Å². The SMILES string of the molecule is CCNC(=NCc1ccc(N2CCC(CO)CC2)cc1)N(C)CCOc1ccc(F)cc1.I. The lowest BCUT2D eigenvalue weighted by Gasteiger charge is -2.32. The van der Waals surface area contributed by atoms with Crippen molar-refractivity contribution in [2.45, 2.75) is 26.3 Å². The van der Waals surface area contributed by atoms with Crippen molar-refractivity contribution in [3.63, 3.8) is 0 Å². The minimum absolute atomic E-state index is 0. The molecule has 2 aromatic carbocycles. The Hall–Kier alpha value is -2.07. The Morgan fingerprint density at radius 1 is 1.15 bits per heavy atom. The Bertz CT molecular complexity index is 840. The van der Waals surface area contributed by atoms with Gasteiger partial charge in [0.15, 0.2) is 5.96 Å². The number of aliphatic hydroxyl groups is 1. The number of piperidine rings is 1. The van der Waals surface area contributed by atoms with Gasteiger partial charge in [-0.25, -0.2) is 9.38 Å². The first-order valence-electron chi connectivity index (χ1n) is 11.4. The van der Waals surface area contributed by atoms with Crippen LogP contribution in [0, 0.1) is 11.7 Å². The van der Waals surface area contributed by atoms with Crippen molar-refractivity contribution in [1.82, 2.24) is 10.2 Å². The van der Waals surface area contributed by atoms with Crippen LogP contribution in [-0.2, 0) is 6.54 Å². The first-order valence-corrected chi connectivity index (χ1v) is 11.4. The predicted molar refractivity (Wildman–Crippen MR) is 143 cm³/mol. The molecule has 182 valence electrons. The van der Waals surface area contributed by atoms with E-state index in [-0.39, 0.29) is 29.8 Å². The summed E-state index contributed by atoms with van der Waals surface area (Å²) < 4.78 is 18.7. The molecule has 0 radical (unpaired) electrons. The van der Waals surface area contributed by atoms with E-state index in [0.717, 1.165) is 44.0 Å². The molecule has 0 aromatic heterocycles. The number of anilines is 1. The second-order valence-corrected chi connectivity index (χ2v) is 8.17. The Morgan fingerprint density at radius 3 is 2.42 bits per heavy atom.